The van der Waals surface area contributed by atoms with E-state index >= 15 is 0 Å². The van der Waals surface area contributed by atoms with Crippen molar-refractivity contribution in [2.24, 2.45) is 5.73 Å². The van der Waals surface area contributed by atoms with Gasteiger partial charge in [-0.1, -0.05) is 0 Å². The zero-order chi connectivity index (χ0) is 7.56. The van der Waals surface area contributed by atoms with Crippen molar-refractivity contribution < 1.29 is 21.4 Å². The van der Waals surface area contributed by atoms with E-state index in [9.17, 15) is 4.39 Å². The number of halogens is 2. The Labute approximate surface area is 88.4 Å². The molecule has 0 aromatic heterocycles. The largest absolute Gasteiger partial charge is 1.00 e. The fourth-order valence-corrected chi connectivity index (χ4v) is 1.05. The van der Waals surface area contributed by atoms with Crippen LogP contribution in [0.15, 0.2) is 18.2 Å². The third kappa shape index (κ3) is 3.07. The van der Waals surface area contributed by atoms with Gasteiger partial charge in [0, 0.05) is 0 Å². The Hall–Kier alpha value is 0.356. The van der Waals surface area contributed by atoms with Gasteiger partial charge >= 0.3 is 71.7 Å². The molecule has 0 saturated carbocycles. The summed E-state index contributed by atoms with van der Waals surface area (Å²) in [5, 5.41) is 0. The molecule has 11 heavy (non-hydrogen) atoms. The minimum absolute atomic E-state index is 0. The van der Waals surface area contributed by atoms with Gasteiger partial charge in [0.15, 0.2) is 0 Å². The summed E-state index contributed by atoms with van der Waals surface area (Å²) in [4.78, 5) is 0. The van der Waals surface area contributed by atoms with Crippen molar-refractivity contribution in [3.63, 3.8) is 0 Å². The van der Waals surface area contributed by atoms with E-state index in [1.165, 1.54) is 6.07 Å². The fourth-order valence-electron chi connectivity index (χ4n) is 0.756. The van der Waals surface area contributed by atoms with Crippen LogP contribution in [0, 0.1) is 5.82 Å². The number of nitrogens with two attached hydrogens (primary N) is 1. The van der Waals surface area contributed by atoms with Crippen LogP contribution < -0.4 is 26.4 Å². The first-order valence-electron chi connectivity index (χ1n) is 3.04. The average Bonchev–Trinajstić information content (AvgIpc) is 1.88. The molecule has 0 unspecified atom stereocenters. The molecule has 0 amide bonds. The van der Waals surface area contributed by atoms with Crippen molar-refractivity contribution in [1.82, 2.24) is 0 Å². The third-order valence-electron chi connectivity index (χ3n) is 1.34. The summed E-state index contributed by atoms with van der Waals surface area (Å²) in [7, 11) is 0. The smallest absolute Gasteiger partial charge is 1.00 e. The standard InChI is InChI=1S/C7H7FN.BrH.Mg/c8-7-4-2-1-3-6(7)5-9;;/h1,3-4H,5,9H2;1H;/q;;+1/p-1. The van der Waals surface area contributed by atoms with Crippen LogP contribution in [0.3, 0.4) is 0 Å². The Balaban J connectivity index is 0.000001000. The van der Waals surface area contributed by atoms with Crippen LogP contribution in [0.1, 0.15) is 5.56 Å². The van der Waals surface area contributed by atoms with E-state index in [0.717, 1.165) is 3.69 Å². The van der Waals surface area contributed by atoms with Crippen LogP contribution in [0.5, 0.6) is 0 Å². The number of rotatable bonds is 1. The molecule has 0 heterocycles. The van der Waals surface area contributed by atoms with Crippen molar-refractivity contribution >= 4 is 25.4 Å². The van der Waals surface area contributed by atoms with Gasteiger partial charge in [0.2, 0.25) is 0 Å². The van der Waals surface area contributed by atoms with Crippen molar-refractivity contribution in [1.29, 1.82) is 0 Å². The molecule has 0 bridgehead atoms. The molecule has 0 fully saturated rings. The first-order valence-corrected chi connectivity index (χ1v) is 3.75. The molecule has 0 radical (unpaired) electrons. The van der Waals surface area contributed by atoms with Gasteiger partial charge in [-0.2, -0.15) is 0 Å². The second-order valence-corrected chi connectivity index (χ2v) is 2.95. The van der Waals surface area contributed by atoms with Gasteiger partial charge in [-0.05, 0) is 0 Å². The molecule has 0 spiro atoms. The third-order valence-corrected chi connectivity index (χ3v) is 1.78. The molecule has 4 heteroatoms. The second-order valence-electron chi connectivity index (χ2n) is 2.13. The maximum Gasteiger partial charge on any atom is -1.00 e. The Bertz CT molecular complexity index is 242. The van der Waals surface area contributed by atoms with E-state index in [-0.39, 0.29) is 29.3 Å². The summed E-state index contributed by atoms with van der Waals surface area (Å²) in [6, 6.07) is 5.09. The molecule has 1 nitrogen and oxygen atoms in total. The summed E-state index contributed by atoms with van der Waals surface area (Å²) < 4.78 is 13.7. The molecule has 1 rings (SSSR count). The van der Waals surface area contributed by atoms with Crippen molar-refractivity contribution in [2.45, 2.75) is 6.54 Å². The van der Waals surface area contributed by atoms with Gasteiger partial charge < -0.3 is 17.0 Å². The maximum absolute atomic E-state index is 12.8. The maximum atomic E-state index is 12.8. The van der Waals surface area contributed by atoms with Gasteiger partial charge in [0.1, 0.15) is 0 Å². The molecule has 2 N–H and O–H groups in total. The molecular weight excluding hydrogens is 221 g/mol. The quantitative estimate of drug-likeness (QED) is 0.512. The molecule has 1 aromatic carbocycles. The number of benzene rings is 1. The fraction of sp³-hybridized carbons (Fsp3) is 0.143. The van der Waals surface area contributed by atoms with E-state index < -0.39 is 0 Å². The van der Waals surface area contributed by atoms with E-state index in [1.54, 1.807) is 27.8 Å². The summed E-state index contributed by atoms with van der Waals surface area (Å²) in [6.45, 7) is 0.273. The summed E-state index contributed by atoms with van der Waals surface area (Å²) >= 11 is 1.66. The topological polar surface area (TPSA) is 26.0 Å². The molecule has 56 valence electrons. The van der Waals surface area contributed by atoms with Crippen molar-refractivity contribution in [2.75, 3.05) is 0 Å². The SMILES string of the molecule is NCc1cc[c]([Mg+])cc1F.[Br-]. The van der Waals surface area contributed by atoms with Crippen LogP contribution in [0.4, 0.5) is 4.39 Å². The summed E-state index contributed by atoms with van der Waals surface area (Å²) in [5.41, 5.74) is 5.84. The second kappa shape index (κ2) is 5.08. The first-order chi connectivity index (χ1) is 4.74. The molecule has 0 saturated heterocycles. The molecule has 0 atom stereocenters. The predicted octanol–water partition coefficient (Wildman–Crippen LogP) is -2.92. The van der Waals surface area contributed by atoms with Crippen LogP contribution in [0.25, 0.3) is 0 Å². The van der Waals surface area contributed by atoms with E-state index in [2.05, 4.69) is 0 Å². The van der Waals surface area contributed by atoms with Crippen molar-refractivity contribution in [3.8, 4) is 0 Å². The number of hydrogen-bond donors (Lipinski definition) is 1. The van der Waals surface area contributed by atoms with Crippen LogP contribution >= 0.6 is 0 Å². The van der Waals surface area contributed by atoms with E-state index in [4.69, 9.17) is 5.73 Å². The van der Waals surface area contributed by atoms with Gasteiger partial charge in [-0.3, -0.25) is 0 Å². The Morgan fingerprint density at radius 3 is 2.55 bits per heavy atom. The normalized spacial score (nSPS) is 9.09. The minimum atomic E-state index is -0.199. The molecule has 0 aliphatic heterocycles. The summed E-state index contributed by atoms with van der Waals surface area (Å²) in [5.74, 6) is -0.199. The van der Waals surface area contributed by atoms with Crippen molar-refractivity contribution in [3.05, 3.63) is 29.6 Å². The molecule has 0 aliphatic carbocycles. The zero-order valence-electron chi connectivity index (χ0n) is 5.98. The predicted molar refractivity (Wildman–Crippen MR) is 39.7 cm³/mol. The van der Waals surface area contributed by atoms with E-state index in [0.29, 0.717) is 5.56 Å². The molecular formula is C7H7BrFMgN. The number of hydrogen-bond acceptors (Lipinski definition) is 1. The van der Waals surface area contributed by atoms with Gasteiger partial charge in [-0.15, -0.1) is 0 Å². The first kappa shape index (κ1) is 11.4. The monoisotopic (exact) mass is 227 g/mol. The van der Waals surface area contributed by atoms with Crippen LogP contribution in [0.2, 0.25) is 0 Å². The van der Waals surface area contributed by atoms with E-state index in [1.807, 2.05) is 6.07 Å². The minimum Gasteiger partial charge on any atom is -1.00 e. The Kier molecular flexibility index (Phi) is 5.25. The van der Waals surface area contributed by atoms with Crippen LogP contribution in [-0.2, 0) is 6.54 Å². The Morgan fingerprint density at radius 2 is 2.09 bits per heavy atom. The van der Waals surface area contributed by atoms with Crippen LogP contribution in [-0.4, -0.2) is 21.7 Å². The molecule has 1 aromatic rings. The zero-order valence-corrected chi connectivity index (χ0v) is 8.98. The van der Waals surface area contributed by atoms with Gasteiger partial charge in [0.25, 0.3) is 0 Å². The van der Waals surface area contributed by atoms with Gasteiger partial charge in [0.05, 0.1) is 0 Å². The summed E-state index contributed by atoms with van der Waals surface area (Å²) in [6.07, 6.45) is 0. The van der Waals surface area contributed by atoms with Gasteiger partial charge in [-0.25, -0.2) is 0 Å². The molecule has 0 aliphatic rings. The Morgan fingerprint density at radius 1 is 1.45 bits per heavy atom. The average molecular weight is 228 g/mol.